The molecule has 1 aliphatic carbocycles. The van der Waals surface area contributed by atoms with Crippen LogP contribution in [0.5, 0.6) is 0 Å². The van der Waals surface area contributed by atoms with Crippen molar-refractivity contribution >= 4 is 41.8 Å². The number of hydrogen-bond donors (Lipinski definition) is 7. The molecule has 0 amide bonds. The summed E-state index contributed by atoms with van der Waals surface area (Å²) in [5, 5.41) is 23.9. The van der Waals surface area contributed by atoms with Gasteiger partial charge in [-0.1, -0.05) is 36.6 Å². The monoisotopic (exact) mass is 797 g/mol. The Morgan fingerprint density at radius 1 is 0.893 bits per heavy atom. The molecule has 3 aromatic rings. The van der Waals surface area contributed by atoms with Gasteiger partial charge in [-0.25, -0.2) is 4.98 Å². The van der Waals surface area contributed by atoms with Crippen LogP contribution < -0.4 is 27.0 Å². The third kappa shape index (κ3) is 15.9. The molecule has 0 bridgehead atoms. The van der Waals surface area contributed by atoms with Crippen LogP contribution in [-0.2, 0) is 27.2 Å². The zero-order chi connectivity index (χ0) is 39.6. The zero-order valence-electron chi connectivity index (χ0n) is 32.9. The molecule has 17 heteroatoms. The van der Waals surface area contributed by atoms with E-state index in [1.54, 1.807) is 0 Å². The van der Waals surface area contributed by atoms with Gasteiger partial charge in [0.2, 0.25) is 5.95 Å². The fraction of sp³-hybridized carbons (Fsp3) is 0.692. The summed E-state index contributed by atoms with van der Waals surface area (Å²) in [5.74, 6) is 1.16. The third-order valence-corrected chi connectivity index (χ3v) is 11.7. The van der Waals surface area contributed by atoms with E-state index < -0.39 is 13.6 Å². The van der Waals surface area contributed by atoms with Crippen LogP contribution in [0, 0.1) is 0 Å². The molecule has 3 heterocycles. The van der Waals surface area contributed by atoms with Gasteiger partial charge < -0.3 is 41.7 Å². The standard InChI is InChI=1S/C39H64N11O5P/c40-35(37(52)15-7-27-56(53,54)55)17-16-33(51)12-6-23-49-25-18-31(19-26-49)44-38-34-13-4-5-14-36(34)45-39(46-38)43-28-32-29-50(48-47-32)24-9-21-41-20-8-22-42-30-10-2-1-3-11-30/h4-5,13-14,29-31,35,41-42H,1-3,6-12,15-28,40H2,(H2,53,54,55)(H2,43,44,45,46)/t35-/m0/s1. The van der Waals surface area contributed by atoms with E-state index in [0.717, 1.165) is 106 Å². The van der Waals surface area contributed by atoms with E-state index in [2.05, 4.69) is 36.5 Å². The highest BCUT2D eigenvalue weighted by Gasteiger charge is 2.22. The van der Waals surface area contributed by atoms with Crippen LogP contribution in [0.4, 0.5) is 11.8 Å². The number of rotatable bonds is 26. The number of aryl methyl sites for hydroxylation is 1. The highest BCUT2D eigenvalue weighted by molar-refractivity contribution is 7.51. The van der Waals surface area contributed by atoms with Crippen LogP contribution in [0.15, 0.2) is 30.5 Å². The van der Waals surface area contributed by atoms with Gasteiger partial charge in [0.25, 0.3) is 0 Å². The number of hydrogen-bond acceptors (Lipinski definition) is 13. The fourth-order valence-electron chi connectivity index (χ4n) is 7.52. The number of nitrogens with one attached hydrogen (secondary N) is 4. The fourth-order valence-corrected chi connectivity index (χ4v) is 8.09. The van der Waals surface area contributed by atoms with Crippen molar-refractivity contribution in [3.05, 3.63) is 36.2 Å². The second-order valence-corrected chi connectivity index (χ2v) is 17.3. The summed E-state index contributed by atoms with van der Waals surface area (Å²) in [4.78, 5) is 54.5. The van der Waals surface area contributed by atoms with Crippen molar-refractivity contribution in [1.82, 2.24) is 40.5 Å². The lowest BCUT2D eigenvalue weighted by atomic mass is 9.95. The number of ketones is 2. The summed E-state index contributed by atoms with van der Waals surface area (Å²) < 4.78 is 12.9. The van der Waals surface area contributed by atoms with Gasteiger partial charge in [-0.2, -0.15) is 4.98 Å². The molecule has 1 aromatic carbocycles. The molecular formula is C39H64N11O5P. The minimum atomic E-state index is -4.13. The highest BCUT2D eigenvalue weighted by Crippen LogP contribution is 2.35. The first-order valence-corrected chi connectivity index (χ1v) is 22.6. The van der Waals surface area contributed by atoms with E-state index in [9.17, 15) is 14.2 Å². The zero-order valence-corrected chi connectivity index (χ0v) is 33.8. The molecule has 8 N–H and O–H groups in total. The molecule has 2 fully saturated rings. The van der Waals surface area contributed by atoms with E-state index in [4.69, 9.17) is 25.5 Å². The van der Waals surface area contributed by atoms with Crippen molar-refractivity contribution < 1.29 is 23.9 Å². The molecule has 310 valence electrons. The van der Waals surface area contributed by atoms with E-state index in [1.165, 1.54) is 32.1 Å². The first-order valence-electron chi connectivity index (χ1n) is 20.8. The van der Waals surface area contributed by atoms with Crippen LogP contribution in [0.1, 0.15) is 102 Å². The summed E-state index contributed by atoms with van der Waals surface area (Å²) >= 11 is 0. The molecule has 0 spiro atoms. The molecule has 1 saturated carbocycles. The van der Waals surface area contributed by atoms with E-state index in [0.29, 0.717) is 18.9 Å². The molecule has 1 atom stereocenters. The number of aromatic nitrogens is 5. The maximum absolute atomic E-state index is 12.5. The summed E-state index contributed by atoms with van der Waals surface area (Å²) in [5.41, 5.74) is 7.62. The lowest BCUT2D eigenvalue weighted by Crippen LogP contribution is -2.39. The molecule has 2 aromatic heterocycles. The van der Waals surface area contributed by atoms with Gasteiger partial charge in [0, 0.05) is 56.4 Å². The van der Waals surface area contributed by atoms with Gasteiger partial charge in [0.15, 0.2) is 0 Å². The minimum absolute atomic E-state index is 0.0131. The number of nitrogens with zero attached hydrogens (tertiary/aromatic N) is 6. The van der Waals surface area contributed by atoms with Crippen LogP contribution >= 0.6 is 7.60 Å². The number of benzene rings is 1. The summed E-state index contributed by atoms with van der Waals surface area (Å²) in [6.45, 7) is 7.01. The Balaban J connectivity index is 0.967. The molecule has 16 nitrogen and oxygen atoms in total. The predicted molar refractivity (Wildman–Crippen MR) is 220 cm³/mol. The molecule has 5 rings (SSSR count). The Morgan fingerprint density at radius 2 is 1.68 bits per heavy atom. The second kappa shape index (κ2) is 23.1. The average Bonchev–Trinajstić information content (AvgIpc) is 3.65. The second-order valence-electron chi connectivity index (χ2n) is 15.5. The summed E-state index contributed by atoms with van der Waals surface area (Å²) in [6.07, 6.45) is 14.3. The smallest absolute Gasteiger partial charge is 0.325 e. The van der Waals surface area contributed by atoms with Gasteiger partial charge in [0.05, 0.1) is 30.5 Å². The summed E-state index contributed by atoms with van der Waals surface area (Å²) in [7, 11) is -4.13. The van der Waals surface area contributed by atoms with Crippen molar-refractivity contribution in [2.75, 3.05) is 56.1 Å². The molecule has 56 heavy (non-hydrogen) atoms. The Bertz CT molecular complexity index is 1690. The largest absolute Gasteiger partial charge is 0.367 e. The van der Waals surface area contributed by atoms with E-state index in [-0.39, 0.29) is 49.5 Å². The molecular weight excluding hydrogens is 733 g/mol. The number of para-hydroxylation sites is 1. The molecule has 0 radical (unpaired) electrons. The van der Waals surface area contributed by atoms with Gasteiger partial charge in [-0.05, 0) is 96.1 Å². The predicted octanol–water partition coefficient (Wildman–Crippen LogP) is 3.99. The number of Topliss-reactive ketones (excluding diaryl/α,β-unsaturated/α-hetero) is 2. The molecule has 1 saturated heterocycles. The van der Waals surface area contributed by atoms with Crippen molar-refractivity contribution in [2.24, 2.45) is 5.73 Å². The number of fused-ring (bicyclic) bond motifs is 1. The SMILES string of the molecule is N[C@@H](CCC(=O)CCCN1CCC(Nc2nc(NCc3cn(CCCNCCCNC4CCCCC4)nn3)nc3ccccc23)CC1)C(=O)CCCP(=O)(O)O. The topological polar surface area (TPSA) is 226 Å². The van der Waals surface area contributed by atoms with E-state index >= 15 is 0 Å². The number of carbonyl (C=O) groups is 2. The normalized spacial score (nSPS) is 16.6. The number of likely N-dealkylation sites (tertiary alicyclic amines) is 1. The summed E-state index contributed by atoms with van der Waals surface area (Å²) in [6, 6.07) is 8.22. The van der Waals surface area contributed by atoms with Crippen molar-refractivity contribution in [3.63, 3.8) is 0 Å². The third-order valence-electron chi connectivity index (χ3n) is 10.8. The minimum Gasteiger partial charge on any atom is -0.367 e. The van der Waals surface area contributed by atoms with E-state index in [1.807, 2.05) is 35.1 Å². The number of anilines is 2. The molecule has 1 aliphatic heterocycles. The first kappa shape index (κ1) is 43.7. The van der Waals surface area contributed by atoms with Crippen molar-refractivity contribution in [2.45, 2.75) is 128 Å². The van der Waals surface area contributed by atoms with Crippen LogP contribution in [-0.4, -0.2) is 115 Å². The van der Waals surface area contributed by atoms with Crippen LogP contribution in [0.25, 0.3) is 10.9 Å². The van der Waals surface area contributed by atoms with Gasteiger partial charge in [-0.15, -0.1) is 5.10 Å². The Hall–Kier alpha value is -3.37. The number of piperidine rings is 1. The Labute approximate surface area is 331 Å². The first-order chi connectivity index (χ1) is 27.1. The lowest BCUT2D eigenvalue weighted by molar-refractivity contribution is -0.121. The molecule has 0 unspecified atom stereocenters. The lowest BCUT2D eigenvalue weighted by Gasteiger charge is -2.32. The van der Waals surface area contributed by atoms with Crippen molar-refractivity contribution in [3.8, 4) is 0 Å². The number of carbonyl (C=O) groups excluding carboxylic acids is 2. The maximum Gasteiger partial charge on any atom is 0.325 e. The average molecular weight is 798 g/mol. The van der Waals surface area contributed by atoms with Gasteiger partial charge in [0.1, 0.15) is 23.1 Å². The quantitative estimate of drug-likeness (QED) is 0.0451. The maximum atomic E-state index is 12.5. The van der Waals surface area contributed by atoms with Crippen LogP contribution in [0.3, 0.4) is 0 Å². The Kier molecular flexibility index (Phi) is 18.1. The van der Waals surface area contributed by atoms with Crippen molar-refractivity contribution in [1.29, 1.82) is 0 Å². The molecule has 2 aliphatic rings. The number of nitrogens with two attached hydrogens (primary N) is 1. The van der Waals surface area contributed by atoms with Gasteiger partial charge in [-0.3, -0.25) is 18.8 Å². The van der Waals surface area contributed by atoms with Gasteiger partial charge >= 0.3 is 7.60 Å². The van der Waals surface area contributed by atoms with Crippen LogP contribution in [0.2, 0.25) is 0 Å². The highest BCUT2D eigenvalue weighted by atomic mass is 31.2. The Morgan fingerprint density at radius 3 is 2.48 bits per heavy atom.